The number of furan rings is 2. The molecule has 53 heavy (non-hydrogen) atoms. The molecule has 0 spiro atoms. The molecule has 0 saturated carbocycles. The number of hydrogen-bond acceptors (Lipinski definition) is 5. The smallest absolute Gasteiger partial charge is 0.165 e. The van der Waals surface area contributed by atoms with Gasteiger partial charge in [-0.1, -0.05) is 128 Å². The second-order valence-corrected chi connectivity index (χ2v) is 14.0. The molecule has 3 aromatic heterocycles. The fourth-order valence-corrected chi connectivity index (χ4v) is 8.26. The molecule has 250 valence electrons. The highest BCUT2D eigenvalue weighted by Crippen LogP contribution is 2.45. The number of allylic oxidation sites excluding steroid dienone is 8. The van der Waals surface area contributed by atoms with Gasteiger partial charge in [0.15, 0.2) is 17.5 Å². The van der Waals surface area contributed by atoms with Crippen LogP contribution in [0.5, 0.6) is 0 Å². The lowest BCUT2D eigenvalue weighted by Gasteiger charge is -2.26. The van der Waals surface area contributed by atoms with E-state index in [9.17, 15) is 0 Å². The van der Waals surface area contributed by atoms with E-state index in [4.69, 9.17) is 23.8 Å². The van der Waals surface area contributed by atoms with Crippen molar-refractivity contribution >= 4 is 60.2 Å². The maximum Gasteiger partial charge on any atom is 0.165 e. The molecule has 2 unspecified atom stereocenters. The molecule has 5 nitrogen and oxygen atoms in total. The van der Waals surface area contributed by atoms with Crippen molar-refractivity contribution in [2.75, 3.05) is 0 Å². The number of para-hydroxylation sites is 3. The largest absolute Gasteiger partial charge is 0.456 e. The highest BCUT2D eigenvalue weighted by Gasteiger charge is 2.27. The number of nitrogens with zero attached hydrogens (tertiary/aromatic N) is 3. The van der Waals surface area contributed by atoms with Gasteiger partial charge in [-0.3, -0.25) is 0 Å². The first-order valence-electron chi connectivity index (χ1n) is 18.1. The van der Waals surface area contributed by atoms with Crippen LogP contribution in [0.2, 0.25) is 0 Å². The summed E-state index contributed by atoms with van der Waals surface area (Å²) in [5.74, 6) is 2.43. The van der Waals surface area contributed by atoms with E-state index in [1.54, 1.807) is 0 Å². The summed E-state index contributed by atoms with van der Waals surface area (Å²) < 4.78 is 13.1. The van der Waals surface area contributed by atoms with Crippen LogP contribution in [0.3, 0.4) is 0 Å². The van der Waals surface area contributed by atoms with Gasteiger partial charge < -0.3 is 8.83 Å². The lowest BCUT2D eigenvalue weighted by Crippen LogP contribution is -2.16. The van der Waals surface area contributed by atoms with Gasteiger partial charge in [0, 0.05) is 49.7 Å². The van der Waals surface area contributed by atoms with Gasteiger partial charge in [-0.15, -0.1) is 0 Å². The van der Waals surface area contributed by atoms with Crippen LogP contribution in [0, 0.1) is 11.8 Å². The molecule has 6 aromatic carbocycles. The zero-order valence-electron chi connectivity index (χ0n) is 28.8. The fourth-order valence-electron chi connectivity index (χ4n) is 8.26. The molecule has 0 aliphatic heterocycles. The molecular weight excluding hydrogens is 651 g/mol. The Balaban J connectivity index is 1.23. The molecule has 0 N–H and O–H groups in total. The van der Waals surface area contributed by atoms with Gasteiger partial charge in [0.2, 0.25) is 0 Å². The lowest BCUT2D eigenvalue weighted by atomic mass is 9.78. The van der Waals surface area contributed by atoms with E-state index in [1.807, 2.05) is 24.3 Å². The van der Waals surface area contributed by atoms with Gasteiger partial charge in [0.25, 0.3) is 0 Å². The first-order valence-corrected chi connectivity index (χ1v) is 18.1. The van der Waals surface area contributed by atoms with Crippen LogP contribution in [-0.2, 0) is 0 Å². The Labute approximate surface area is 305 Å². The Morgan fingerprint density at radius 2 is 1.32 bits per heavy atom. The average Bonchev–Trinajstić information content (AvgIpc) is 3.79. The summed E-state index contributed by atoms with van der Waals surface area (Å²) in [6, 6.07) is 41.7. The quantitative estimate of drug-likeness (QED) is 0.185. The van der Waals surface area contributed by atoms with Gasteiger partial charge in [0.1, 0.15) is 22.3 Å². The summed E-state index contributed by atoms with van der Waals surface area (Å²) >= 11 is 0. The number of benzene rings is 6. The Morgan fingerprint density at radius 1 is 0.566 bits per heavy atom. The van der Waals surface area contributed by atoms with Crippen molar-refractivity contribution in [2.24, 2.45) is 11.8 Å². The van der Waals surface area contributed by atoms with E-state index >= 15 is 0 Å². The molecule has 0 saturated heterocycles. The number of aromatic nitrogens is 3. The summed E-state index contributed by atoms with van der Waals surface area (Å²) in [6.07, 6.45) is 13.2. The zero-order valence-corrected chi connectivity index (χ0v) is 28.8. The monoisotopic (exact) mass is 681 g/mol. The van der Waals surface area contributed by atoms with Gasteiger partial charge in [-0.05, 0) is 64.2 Å². The van der Waals surface area contributed by atoms with Crippen molar-refractivity contribution < 1.29 is 8.83 Å². The summed E-state index contributed by atoms with van der Waals surface area (Å²) in [4.78, 5) is 16.0. The van der Waals surface area contributed by atoms with Crippen LogP contribution in [0.15, 0.2) is 172 Å². The Bertz CT molecular complexity index is 3100. The predicted octanol–water partition coefficient (Wildman–Crippen LogP) is 12.5. The highest BCUT2D eigenvalue weighted by molar-refractivity contribution is 6.18. The topological polar surface area (TPSA) is 65.0 Å². The van der Waals surface area contributed by atoms with Crippen LogP contribution >= 0.6 is 0 Å². The molecule has 0 fully saturated rings. The Morgan fingerprint density at radius 3 is 2.23 bits per heavy atom. The van der Waals surface area contributed by atoms with Crippen molar-refractivity contribution in [1.29, 1.82) is 0 Å². The van der Waals surface area contributed by atoms with Crippen molar-refractivity contribution in [3.05, 3.63) is 169 Å². The minimum Gasteiger partial charge on any atom is -0.456 e. The number of fused-ring (bicyclic) bond motifs is 8. The second kappa shape index (κ2) is 11.6. The summed E-state index contributed by atoms with van der Waals surface area (Å²) in [6.45, 7) is 2.26. The fraction of sp³-hybridized carbons (Fsp3) is 0.0625. The molecule has 2 atom stereocenters. The second-order valence-electron chi connectivity index (χ2n) is 14.0. The first-order chi connectivity index (χ1) is 26.2. The van der Waals surface area contributed by atoms with E-state index in [1.165, 1.54) is 11.0 Å². The minimum absolute atomic E-state index is 0.276. The third kappa shape index (κ3) is 4.74. The van der Waals surface area contributed by atoms with E-state index in [-0.39, 0.29) is 5.92 Å². The minimum atomic E-state index is 0.276. The van der Waals surface area contributed by atoms with E-state index < -0.39 is 0 Å². The summed E-state index contributed by atoms with van der Waals surface area (Å²) in [5, 5.41) is 6.39. The molecule has 0 radical (unpaired) electrons. The maximum absolute atomic E-state index is 6.62. The van der Waals surface area contributed by atoms with Crippen molar-refractivity contribution in [1.82, 2.24) is 15.0 Å². The molecule has 2 aliphatic rings. The van der Waals surface area contributed by atoms with Crippen molar-refractivity contribution in [2.45, 2.75) is 6.92 Å². The number of hydrogen-bond donors (Lipinski definition) is 0. The van der Waals surface area contributed by atoms with E-state index in [0.717, 1.165) is 77.1 Å². The molecular formula is C48H31N3O2. The van der Waals surface area contributed by atoms with Crippen LogP contribution in [0.1, 0.15) is 12.7 Å². The van der Waals surface area contributed by atoms with Crippen LogP contribution in [-0.4, -0.2) is 15.0 Å². The molecule has 0 bridgehead atoms. The Kier molecular flexibility index (Phi) is 6.52. The Hall–Kier alpha value is -6.85. The summed E-state index contributed by atoms with van der Waals surface area (Å²) in [7, 11) is 0. The van der Waals surface area contributed by atoms with Gasteiger partial charge in [0.05, 0.1) is 0 Å². The first kappa shape index (κ1) is 29.8. The van der Waals surface area contributed by atoms with Gasteiger partial charge in [-0.25, -0.2) is 15.0 Å². The molecule has 3 heterocycles. The highest BCUT2D eigenvalue weighted by atomic mass is 16.3. The van der Waals surface area contributed by atoms with Gasteiger partial charge in [-0.2, -0.15) is 0 Å². The van der Waals surface area contributed by atoms with Gasteiger partial charge >= 0.3 is 0 Å². The normalized spacial score (nSPS) is 16.8. The molecule has 0 amide bonds. The predicted molar refractivity (Wildman–Crippen MR) is 215 cm³/mol. The standard InChI is InChI=1S/C48H31N3O2/c1-28-25-33(27-31-13-4-5-14-34(28)31)47-49-46(32-22-21-29-11-2-3-12-30(29)26-32)50-48(51-47)44-36(23-24-42-43(44)39-16-7-9-20-41(39)52-42)38-18-10-17-37-35-15-6-8-19-40(35)53-45(37)38/h2-28,34H,1H3. The average molecular weight is 682 g/mol. The summed E-state index contributed by atoms with van der Waals surface area (Å²) in [5.41, 5.74) is 9.22. The van der Waals surface area contributed by atoms with Crippen molar-refractivity contribution in [3.63, 3.8) is 0 Å². The zero-order chi connectivity index (χ0) is 35.0. The third-order valence-electron chi connectivity index (χ3n) is 10.8. The SMILES string of the molecule is CC1C=C(c2nc(-c3ccc4ccccc4c3)nc(-c3c(-c4cccc5c4oc4ccccc45)ccc4oc5ccccc5c34)n2)C=C2C=CC=CC21. The number of rotatable bonds is 4. The molecule has 11 rings (SSSR count). The molecule has 2 aliphatic carbocycles. The van der Waals surface area contributed by atoms with Crippen LogP contribution in [0.25, 0.3) is 94.1 Å². The maximum atomic E-state index is 6.62. The molecule has 5 heteroatoms. The van der Waals surface area contributed by atoms with Crippen molar-refractivity contribution in [3.8, 4) is 33.9 Å². The van der Waals surface area contributed by atoms with E-state index in [2.05, 4.69) is 140 Å². The van der Waals surface area contributed by atoms with E-state index in [0.29, 0.717) is 23.4 Å². The molecule has 9 aromatic rings. The van der Waals surface area contributed by atoms with Crippen LogP contribution < -0.4 is 0 Å². The third-order valence-corrected chi connectivity index (χ3v) is 10.8. The van der Waals surface area contributed by atoms with Crippen LogP contribution in [0.4, 0.5) is 0 Å². The lowest BCUT2D eigenvalue weighted by molar-refractivity contribution is 0.584.